The van der Waals surface area contributed by atoms with Gasteiger partial charge in [-0.3, -0.25) is 0 Å². The molecule has 4 aromatic carbocycles. The monoisotopic (exact) mass is 476 g/mol. The van der Waals surface area contributed by atoms with Crippen LogP contribution >= 0.6 is 0 Å². The second kappa shape index (κ2) is 8.76. The molecule has 0 amide bonds. The van der Waals surface area contributed by atoms with Crippen LogP contribution in [-0.2, 0) is 10.3 Å². The lowest BCUT2D eigenvalue weighted by molar-refractivity contribution is 0.0224. The van der Waals surface area contributed by atoms with Gasteiger partial charge in [-0.15, -0.1) is 0 Å². The largest absolute Gasteiger partial charge is 0.456 e. The number of ether oxygens (including phenoxy) is 2. The normalized spacial score (nSPS) is 18.0. The summed E-state index contributed by atoms with van der Waals surface area (Å²) in [6, 6.07) is 31.9. The summed E-state index contributed by atoms with van der Waals surface area (Å²) >= 11 is 0. The number of nitrogens with one attached hydrogen (secondary N) is 2. The molecule has 2 aliphatic rings. The van der Waals surface area contributed by atoms with Crippen LogP contribution in [0.1, 0.15) is 40.9 Å². The van der Waals surface area contributed by atoms with Crippen molar-refractivity contribution in [1.29, 1.82) is 0 Å². The third-order valence-corrected chi connectivity index (χ3v) is 7.08. The number of rotatable bonds is 6. The third-order valence-electron chi connectivity index (χ3n) is 7.08. The van der Waals surface area contributed by atoms with Gasteiger partial charge in [0.1, 0.15) is 11.5 Å². The van der Waals surface area contributed by atoms with Crippen molar-refractivity contribution in [2.24, 2.45) is 5.92 Å². The third kappa shape index (κ3) is 3.59. The molecule has 5 nitrogen and oxygen atoms in total. The quantitative estimate of drug-likeness (QED) is 0.300. The molecule has 0 fully saturated rings. The molecule has 6 rings (SSSR count). The van der Waals surface area contributed by atoms with E-state index in [0.717, 1.165) is 34.6 Å². The van der Waals surface area contributed by atoms with Gasteiger partial charge in [-0.25, -0.2) is 4.79 Å². The second-order valence-corrected chi connectivity index (χ2v) is 9.67. The summed E-state index contributed by atoms with van der Waals surface area (Å²) in [4.78, 5) is 12.9. The van der Waals surface area contributed by atoms with E-state index in [1.165, 1.54) is 0 Å². The van der Waals surface area contributed by atoms with Gasteiger partial charge in [-0.05, 0) is 42.3 Å². The van der Waals surface area contributed by atoms with Crippen molar-refractivity contribution < 1.29 is 14.3 Å². The molecule has 2 aliphatic heterocycles. The molecular formula is C31H28N2O3. The molecule has 0 aromatic heterocycles. The van der Waals surface area contributed by atoms with Crippen LogP contribution in [0.2, 0.25) is 0 Å². The molecular weight excluding hydrogens is 448 g/mol. The Bertz CT molecular complexity index is 1430. The van der Waals surface area contributed by atoms with Gasteiger partial charge >= 0.3 is 5.97 Å². The Labute approximate surface area is 211 Å². The summed E-state index contributed by atoms with van der Waals surface area (Å²) in [5.41, 5.74) is 4.13. The maximum Gasteiger partial charge on any atom is 0.340 e. The van der Waals surface area contributed by atoms with E-state index in [0.29, 0.717) is 23.0 Å². The topological polar surface area (TPSA) is 59.6 Å². The maximum atomic E-state index is 12.9. The highest BCUT2D eigenvalue weighted by Crippen LogP contribution is 2.56. The summed E-state index contributed by atoms with van der Waals surface area (Å²) in [7, 11) is 0. The molecule has 0 aliphatic carbocycles. The van der Waals surface area contributed by atoms with Crippen LogP contribution in [0.4, 0.5) is 11.4 Å². The van der Waals surface area contributed by atoms with E-state index >= 15 is 0 Å². The van der Waals surface area contributed by atoms with Crippen molar-refractivity contribution in [3.05, 3.63) is 119 Å². The van der Waals surface area contributed by atoms with E-state index in [1.807, 2.05) is 84.9 Å². The molecule has 0 bridgehead atoms. The zero-order valence-electron chi connectivity index (χ0n) is 20.3. The van der Waals surface area contributed by atoms with Gasteiger partial charge in [0.2, 0.25) is 0 Å². The lowest BCUT2D eigenvalue weighted by Gasteiger charge is -2.36. The number of benzene rings is 4. The van der Waals surface area contributed by atoms with Crippen LogP contribution in [0.25, 0.3) is 0 Å². The van der Waals surface area contributed by atoms with Crippen LogP contribution < -0.4 is 15.4 Å². The lowest BCUT2D eigenvalue weighted by atomic mass is 9.77. The van der Waals surface area contributed by atoms with Gasteiger partial charge in [-0.2, -0.15) is 0 Å². The number of para-hydroxylation sites is 2. The fourth-order valence-corrected chi connectivity index (χ4v) is 5.16. The van der Waals surface area contributed by atoms with E-state index in [1.54, 1.807) is 0 Å². The summed E-state index contributed by atoms with van der Waals surface area (Å²) in [5, 5.41) is 7.21. The van der Waals surface area contributed by atoms with E-state index in [-0.39, 0.29) is 12.0 Å². The molecule has 0 saturated carbocycles. The molecule has 180 valence electrons. The highest BCUT2D eigenvalue weighted by molar-refractivity contribution is 5.97. The molecule has 1 spiro atoms. The number of esters is 1. The fourth-order valence-electron chi connectivity index (χ4n) is 5.16. The Morgan fingerprint density at radius 2 is 1.44 bits per heavy atom. The molecule has 5 heteroatoms. The van der Waals surface area contributed by atoms with Crippen molar-refractivity contribution in [3.63, 3.8) is 0 Å². The average molecular weight is 477 g/mol. The zero-order chi connectivity index (χ0) is 24.7. The summed E-state index contributed by atoms with van der Waals surface area (Å²) < 4.78 is 12.6. The summed E-state index contributed by atoms with van der Waals surface area (Å²) in [6.45, 7) is 5.17. The van der Waals surface area contributed by atoms with Crippen molar-refractivity contribution in [3.8, 4) is 11.5 Å². The van der Waals surface area contributed by atoms with Gasteiger partial charge in [0, 0.05) is 46.7 Å². The first-order chi connectivity index (χ1) is 17.6. The minimum atomic E-state index is -1.02. The van der Waals surface area contributed by atoms with Crippen LogP contribution in [0.5, 0.6) is 11.5 Å². The lowest BCUT2D eigenvalue weighted by Crippen LogP contribution is -2.34. The molecule has 2 N–H and O–H groups in total. The van der Waals surface area contributed by atoms with Gasteiger partial charge in [0.15, 0.2) is 5.60 Å². The zero-order valence-corrected chi connectivity index (χ0v) is 20.3. The van der Waals surface area contributed by atoms with Gasteiger partial charge in [0.05, 0.1) is 5.56 Å². The van der Waals surface area contributed by atoms with Crippen LogP contribution in [0.3, 0.4) is 0 Å². The van der Waals surface area contributed by atoms with Crippen molar-refractivity contribution in [1.82, 2.24) is 0 Å². The summed E-state index contributed by atoms with van der Waals surface area (Å²) in [5.74, 6) is 1.48. The SMILES string of the molecule is CC(C)C(CNc1ccc2c(c1)Oc1ccccc1C21OC(=O)c2ccccc21)Nc1ccccc1. The Morgan fingerprint density at radius 3 is 2.25 bits per heavy atom. The van der Waals surface area contributed by atoms with Crippen LogP contribution in [0, 0.1) is 5.92 Å². The molecule has 4 aromatic rings. The molecule has 36 heavy (non-hydrogen) atoms. The number of fused-ring (bicyclic) bond motifs is 6. The Kier molecular flexibility index (Phi) is 5.41. The summed E-state index contributed by atoms with van der Waals surface area (Å²) in [6.07, 6.45) is 0. The Morgan fingerprint density at radius 1 is 0.750 bits per heavy atom. The molecule has 2 atom stereocenters. The molecule has 2 unspecified atom stereocenters. The van der Waals surface area contributed by atoms with E-state index in [2.05, 4.69) is 36.6 Å². The smallest absolute Gasteiger partial charge is 0.340 e. The first kappa shape index (κ1) is 22.2. The predicted molar refractivity (Wildman–Crippen MR) is 142 cm³/mol. The van der Waals surface area contributed by atoms with Gasteiger partial charge in [0.25, 0.3) is 0 Å². The minimum absolute atomic E-state index is 0.235. The van der Waals surface area contributed by atoms with E-state index in [4.69, 9.17) is 9.47 Å². The van der Waals surface area contributed by atoms with Crippen molar-refractivity contribution >= 4 is 17.3 Å². The molecule has 0 radical (unpaired) electrons. The number of hydrogen-bond acceptors (Lipinski definition) is 5. The molecule has 0 saturated heterocycles. The van der Waals surface area contributed by atoms with Crippen LogP contribution in [-0.4, -0.2) is 18.6 Å². The first-order valence-corrected chi connectivity index (χ1v) is 12.4. The predicted octanol–water partition coefficient (Wildman–Crippen LogP) is 6.80. The second-order valence-electron chi connectivity index (χ2n) is 9.67. The van der Waals surface area contributed by atoms with Gasteiger partial charge < -0.3 is 20.1 Å². The van der Waals surface area contributed by atoms with E-state index < -0.39 is 5.60 Å². The number of carbonyl (C=O) groups is 1. The molecule has 2 heterocycles. The maximum absolute atomic E-state index is 12.9. The first-order valence-electron chi connectivity index (χ1n) is 12.4. The number of anilines is 2. The highest BCUT2D eigenvalue weighted by Gasteiger charge is 2.53. The Balaban J connectivity index is 1.34. The fraction of sp³-hybridized carbons (Fsp3) is 0.194. The highest BCUT2D eigenvalue weighted by atomic mass is 16.6. The van der Waals surface area contributed by atoms with Crippen LogP contribution in [0.15, 0.2) is 97.1 Å². The average Bonchev–Trinajstić information content (AvgIpc) is 3.20. The van der Waals surface area contributed by atoms with E-state index in [9.17, 15) is 4.79 Å². The van der Waals surface area contributed by atoms with Crippen molar-refractivity contribution in [2.45, 2.75) is 25.5 Å². The number of hydrogen-bond donors (Lipinski definition) is 2. The minimum Gasteiger partial charge on any atom is -0.456 e. The number of carbonyl (C=O) groups excluding carboxylic acids is 1. The van der Waals surface area contributed by atoms with Gasteiger partial charge in [-0.1, -0.05) is 68.4 Å². The Hall–Kier alpha value is -4.25. The standard InChI is InChI=1S/C31H28N2O3/c1-20(2)27(33-21-10-4-3-5-11-21)19-32-22-16-17-26-29(18-22)35-28-15-9-8-14-25(28)31(26)24-13-7-6-12-23(24)30(34)36-31/h3-18,20,27,32-33H,19H2,1-2H3. The van der Waals surface area contributed by atoms with Crippen molar-refractivity contribution in [2.75, 3.05) is 17.2 Å².